The van der Waals surface area contributed by atoms with Crippen LogP contribution in [0.15, 0.2) is 4.52 Å². The summed E-state index contributed by atoms with van der Waals surface area (Å²) in [6.07, 6.45) is 0. The second-order valence-electron chi connectivity index (χ2n) is 5.49. The number of carbonyl (C=O) groups excluding carboxylic acids is 1. The molecule has 0 radical (unpaired) electrons. The summed E-state index contributed by atoms with van der Waals surface area (Å²) in [5.41, 5.74) is 1.90. The van der Waals surface area contributed by atoms with E-state index in [1.54, 1.807) is 0 Å². The van der Waals surface area contributed by atoms with Crippen molar-refractivity contribution in [2.75, 3.05) is 6.54 Å². The molecule has 0 spiro atoms. The third-order valence-corrected chi connectivity index (χ3v) is 3.10. The van der Waals surface area contributed by atoms with Crippen molar-refractivity contribution in [1.29, 1.82) is 0 Å². The zero-order valence-corrected chi connectivity index (χ0v) is 12.7. The van der Waals surface area contributed by atoms with E-state index >= 15 is 0 Å². The Bertz CT molecular complexity index is 407. The van der Waals surface area contributed by atoms with Crippen molar-refractivity contribution in [3.63, 3.8) is 0 Å². The highest BCUT2D eigenvalue weighted by Crippen LogP contribution is 2.21. The van der Waals surface area contributed by atoms with Crippen LogP contribution < -0.4 is 10.6 Å². The maximum atomic E-state index is 11.9. The van der Waals surface area contributed by atoms with Crippen LogP contribution in [0.25, 0.3) is 0 Å². The first-order chi connectivity index (χ1) is 8.82. The number of aromatic nitrogens is 1. The summed E-state index contributed by atoms with van der Waals surface area (Å²) in [4.78, 5) is 11.9. The van der Waals surface area contributed by atoms with Gasteiger partial charge in [-0.15, -0.1) is 0 Å². The monoisotopic (exact) mass is 267 g/mol. The lowest BCUT2D eigenvalue weighted by Gasteiger charge is -2.20. The summed E-state index contributed by atoms with van der Waals surface area (Å²) in [6, 6.07) is -0.214. The molecular weight excluding hydrogens is 242 g/mol. The summed E-state index contributed by atoms with van der Waals surface area (Å²) in [7, 11) is 0. The Morgan fingerprint density at radius 3 is 2.37 bits per heavy atom. The minimum atomic E-state index is -0.248. The molecule has 19 heavy (non-hydrogen) atoms. The minimum absolute atomic E-state index is 0.0207. The number of rotatable bonds is 6. The van der Waals surface area contributed by atoms with Gasteiger partial charge in [0.25, 0.3) is 0 Å². The molecule has 0 aliphatic heterocycles. The van der Waals surface area contributed by atoms with E-state index in [2.05, 4.69) is 29.6 Å². The Hall–Kier alpha value is -1.36. The van der Waals surface area contributed by atoms with E-state index in [1.165, 1.54) is 0 Å². The fraction of sp³-hybridized carbons (Fsp3) is 0.714. The predicted molar refractivity (Wildman–Crippen MR) is 74.8 cm³/mol. The van der Waals surface area contributed by atoms with Gasteiger partial charge < -0.3 is 9.84 Å². The largest absolute Gasteiger partial charge is 0.361 e. The third-order valence-electron chi connectivity index (χ3n) is 3.10. The van der Waals surface area contributed by atoms with Crippen molar-refractivity contribution in [3.8, 4) is 0 Å². The highest BCUT2D eigenvalue weighted by molar-refractivity contribution is 5.81. The van der Waals surface area contributed by atoms with Crippen LogP contribution in [0.5, 0.6) is 0 Å². The van der Waals surface area contributed by atoms with Gasteiger partial charge in [0.05, 0.1) is 11.7 Å². The van der Waals surface area contributed by atoms with Crippen molar-refractivity contribution < 1.29 is 9.32 Å². The normalized spacial score (nSPS) is 14.5. The molecule has 108 valence electrons. The second kappa shape index (κ2) is 6.70. The van der Waals surface area contributed by atoms with Crippen LogP contribution in [0, 0.1) is 19.8 Å². The summed E-state index contributed by atoms with van der Waals surface area (Å²) < 4.78 is 5.15. The summed E-state index contributed by atoms with van der Waals surface area (Å²) in [5.74, 6) is 1.27. The SMILES string of the molecule is Cc1noc(C)c1C(C)NC(C)C(=O)NCC(C)C. The summed E-state index contributed by atoms with van der Waals surface area (Å²) in [6.45, 7) is 12.5. The van der Waals surface area contributed by atoms with Crippen molar-refractivity contribution in [1.82, 2.24) is 15.8 Å². The molecule has 5 nitrogen and oxygen atoms in total. The van der Waals surface area contributed by atoms with Crippen molar-refractivity contribution in [3.05, 3.63) is 17.0 Å². The molecule has 0 aliphatic carbocycles. The number of aryl methyl sites for hydroxylation is 2. The lowest BCUT2D eigenvalue weighted by Crippen LogP contribution is -2.44. The maximum Gasteiger partial charge on any atom is 0.236 e. The second-order valence-corrected chi connectivity index (χ2v) is 5.49. The van der Waals surface area contributed by atoms with Gasteiger partial charge in [0.15, 0.2) is 0 Å². The van der Waals surface area contributed by atoms with Gasteiger partial charge >= 0.3 is 0 Å². The zero-order chi connectivity index (χ0) is 14.6. The molecule has 1 aromatic rings. The van der Waals surface area contributed by atoms with Crippen molar-refractivity contribution in [2.45, 2.75) is 53.6 Å². The minimum Gasteiger partial charge on any atom is -0.361 e. The Balaban J connectivity index is 2.57. The third kappa shape index (κ3) is 4.35. The zero-order valence-electron chi connectivity index (χ0n) is 12.7. The first kappa shape index (κ1) is 15.7. The number of amides is 1. The first-order valence-corrected chi connectivity index (χ1v) is 6.79. The number of hydrogen-bond acceptors (Lipinski definition) is 4. The van der Waals surface area contributed by atoms with Crippen LogP contribution in [-0.2, 0) is 4.79 Å². The number of carbonyl (C=O) groups is 1. The molecule has 2 unspecified atom stereocenters. The van der Waals surface area contributed by atoms with E-state index in [1.807, 2.05) is 27.7 Å². The van der Waals surface area contributed by atoms with E-state index in [-0.39, 0.29) is 18.0 Å². The van der Waals surface area contributed by atoms with E-state index in [4.69, 9.17) is 4.52 Å². The number of nitrogens with one attached hydrogen (secondary N) is 2. The van der Waals surface area contributed by atoms with Crippen LogP contribution in [0.1, 0.15) is 50.8 Å². The molecule has 2 atom stereocenters. The molecule has 2 N–H and O–H groups in total. The van der Waals surface area contributed by atoms with Crippen LogP contribution in [0.4, 0.5) is 0 Å². The van der Waals surface area contributed by atoms with Crippen LogP contribution in [-0.4, -0.2) is 23.7 Å². The van der Waals surface area contributed by atoms with Crippen molar-refractivity contribution >= 4 is 5.91 Å². The van der Waals surface area contributed by atoms with Gasteiger partial charge in [-0.25, -0.2) is 0 Å². The quantitative estimate of drug-likeness (QED) is 0.828. The van der Waals surface area contributed by atoms with Gasteiger partial charge in [-0.2, -0.15) is 0 Å². The lowest BCUT2D eigenvalue weighted by molar-refractivity contribution is -0.123. The Morgan fingerprint density at radius 2 is 1.89 bits per heavy atom. The van der Waals surface area contributed by atoms with Gasteiger partial charge in [0.1, 0.15) is 5.76 Å². The Kier molecular flexibility index (Phi) is 5.54. The molecule has 0 aromatic carbocycles. The van der Waals surface area contributed by atoms with Crippen LogP contribution in [0.3, 0.4) is 0 Å². The smallest absolute Gasteiger partial charge is 0.236 e. The van der Waals surface area contributed by atoms with Gasteiger partial charge in [-0.3, -0.25) is 10.1 Å². The standard InChI is InChI=1S/C14H25N3O2/c1-8(2)7-15-14(18)11(5)16-9(3)13-10(4)17-19-12(13)6/h8-9,11,16H,7H2,1-6H3,(H,15,18). The molecule has 0 saturated carbocycles. The molecular formula is C14H25N3O2. The van der Waals surface area contributed by atoms with Crippen molar-refractivity contribution in [2.24, 2.45) is 5.92 Å². The van der Waals surface area contributed by atoms with Gasteiger partial charge in [0.2, 0.25) is 5.91 Å². The van der Waals surface area contributed by atoms with Gasteiger partial charge in [-0.05, 0) is 33.6 Å². The van der Waals surface area contributed by atoms with Gasteiger partial charge in [0, 0.05) is 18.2 Å². The summed E-state index contributed by atoms with van der Waals surface area (Å²) in [5, 5.41) is 10.1. The molecule has 1 aromatic heterocycles. The topological polar surface area (TPSA) is 67.2 Å². The molecule has 0 fully saturated rings. The van der Waals surface area contributed by atoms with Crippen LogP contribution in [0.2, 0.25) is 0 Å². The lowest BCUT2D eigenvalue weighted by atomic mass is 10.1. The summed E-state index contributed by atoms with van der Waals surface area (Å²) >= 11 is 0. The molecule has 0 bridgehead atoms. The molecule has 1 rings (SSSR count). The fourth-order valence-electron chi connectivity index (χ4n) is 2.10. The maximum absolute atomic E-state index is 11.9. The van der Waals surface area contributed by atoms with E-state index in [0.717, 1.165) is 17.0 Å². The molecule has 1 heterocycles. The Labute approximate surface area is 115 Å². The average molecular weight is 267 g/mol. The molecule has 0 saturated heterocycles. The van der Waals surface area contributed by atoms with Crippen LogP contribution >= 0.6 is 0 Å². The number of nitrogens with zero attached hydrogens (tertiary/aromatic N) is 1. The number of hydrogen-bond donors (Lipinski definition) is 2. The van der Waals surface area contributed by atoms with E-state index < -0.39 is 0 Å². The molecule has 1 amide bonds. The first-order valence-electron chi connectivity index (χ1n) is 6.79. The fourth-order valence-corrected chi connectivity index (χ4v) is 2.10. The van der Waals surface area contributed by atoms with Gasteiger partial charge in [-0.1, -0.05) is 19.0 Å². The molecule has 5 heteroatoms. The Morgan fingerprint density at radius 1 is 1.26 bits per heavy atom. The molecule has 0 aliphatic rings. The highest BCUT2D eigenvalue weighted by atomic mass is 16.5. The average Bonchev–Trinajstić information content (AvgIpc) is 2.65. The predicted octanol–water partition coefficient (Wildman–Crippen LogP) is 2.10. The van der Waals surface area contributed by atoms with E-state index in [0.29, 0.717) is 12.5 Å². The van der Waals surface area contributed by atoms with E-state index in [9.17, 15) is 4.79 Å². The highest BCUT2D eigenvalue weighted by Gasteiger charge is 2.21.